The maximum absolute atomic E-state index is 9.51. The van der Waals surface area contributed by atoms with Crippen LogP contribution in [0.25, 0.3) is 5.76 Å². The van der Waals surface area contributed by atoms with E-state index in [-0.39, 0.29) is 0 Å². The summed E-state index contributed by atoms with van der Waals surface area (Å²) in [6, 6.07) is 5.52. The van der Waals surface area contributed by atoms with Gasteiger partial charge in [-0.2, -0.15) is 0 Å². The third-order valence-electron chi connectivity index (χ3n) is 2.10. The molecule has 0 fully saturated rings. The maximum Gasteiger partial charge on any atom is 0.126 e. The van der Waals surface area contributed by atoms with Crippen LogP contribution >= 0.6 is 0 Å². The Kier molecular flexibility index (Phi) is 1.54. The van der Waals surface area contributed by atoms with Crippen molar-refractivity contribution in [1.82, 2.24) is 0 Å². The largest absolute Gasteiger partial charge is 0.507 e. The number of rotatable bonds is 1. The molecular formula is C10H10O2. The summed E-state index contributed by atoms with van der Waals surface area (Å²) < 4.78 is 5.12. The molecule has 2 heteroatoms. The minimum Gasteiger partial charge on any atom is -0.507 e. The average Bonchev–Trinajstić information content (AvgIpc) is 2.49. The summed E-state index contributed by atoms with van der Waals surface area (Å²) >= 11 is 0. The first kappa shape index (κ1) is 7.22. The molecule has 1 aliphatic carbocycles. The summed E-state index contributed by atoms with van der Waals surface area (Å²) in [7, 11) is 1.62. The van der Waals surface area contributed by atoms with Gasteiger partial charge in [0.15, 0.2) is 0 Å². The second-order valence-corrected chi connectivity index (χ2v) is 2.79. The molecule has 1 aromatic rings. The zero-order valence-corrected chi connectivity index (χ0v) is 6.87. The molecule has 0 amide bonds. The minimum absolute atomic E-state index is 0.304. The van der Waals surface area contributed by atoms with Crippen molar-refractivity contribution in [1.29, 1.82) is 0 Å². The van der Waals surface area contributed by atoms with Gasteiger partial charge in [-0.1, -0.05) is 12.1 Å². The summed E-state index contributed by atoms with van der Waals surface area (Å²) in [5.41, 5.74) is 1.98. The van der Waals surface area contributed by atoms with Gasteiger partial charge in [-0.3, -0.25) is 0 Å². The molecule has 0 saturated heterocycles. The van der Waals surface area contributed by atoms with Gasteiger partial charge in [-0.05, 0) is 24.1 Å². The lowest BCUT2D eigenvalue weighted by atomic mass is 10.1. The molecule has 0 heterocycles. The van der Waals surface area contributed by atoms with Crippen LogP contribution in [0, 0.1) is 0 Å². The molecule has 2 nitrogen and oxygen atoms in total. The Balaban J connectivity index is 2.57. The first-order chi connectivity index (χ1) is 5.83. The molecular weight excluding hydrogens is 152 g/mol. The SMILES string of the molecule is COC1=CCc2cccc(O)c21. The number of fused-ring (bicyclic) bond motifs is 1. The van der Waals surface area contributed by atoms with Gasteiger partial charge in [-0.25, -0.2) is 0 Å². The van der Waals surface area contributed by atoms with E-state index >= 15 is 0 Å². The van der Waals surface area contributed by atoms with Crippen LogP contribution in [-0.2, 0) is 11.2 Å². The molecule has 0 spiro atoms. The maximum atomic E-state index is 9.51. The van der Waals surface area contributed by atoms with Gasteiger partial charge in [0.25, 0.3) is 0 Å². The fourth-order valence-electron chi connectivity index (χ4n) is 1.53. The molecule has 0 atom stereocenters. The van der Waals surface area contributed by atoms with Crippen LogP contribution in [0.4, 0.5) is 0 Å². The molecule has 2 rings (SSSR count). The van der Waals surface area contributed by atoms with Gasteiger partial charge in [0.05, 0.1) is 12.7 Å². The average molecular weight is 162 g/mol. The van der Waals surface area contributed by atoms with Gasteiger partial charge in [0, 0.05) is 0 Å². The predicted molar refractivity (Wildman–Crippen MR) is 46.8 cm³/mol. The highest BCUT2D eigenvalue weighted by Crippen LogP contribution is 2.34. The number of ether oxygens (including phenoxy) is 1. The van der Waals surface area contributed by atoms with Crippen LogP contribution in [-0.4, -0.2) is 12.2 Å². The van der Waals surface area contributed by atoms with Gasteiger partial charge in [0.1, 0.15) is 11.5 Å². The van der Waals surface area contributed by atoms with Gasteiger partial charge in [-0.15, -0.1) is 0 Å². The molecule has 1 aliphatic rings. The normalized spacial score (nSPS) is 13.9. The number of phenols is 1. The lowest BCUT2D eigenvalue weighted by molar-refractivity contribution is 0.367. The Morgan fingerprint density at radius 2 is 2.25 bits per heavy atom. The zero-order valence-electron chi connectivity index (χ0n) is 6.87. The number of aromatic hydroxyl groups is 1. The third kappa shape index (κ3) is 0.881. The van der Waals surface area contributed by atoms with Crippen molar-refractivity contribution in [3.63, 3.8) is 0 Å². The summed E-state index contributed by atoms with van der Waals surface area (Å²) in [6.45, 7) is 0. The Morgan fingerprint density at radius 1 is 1.42 bits per heavy atom. The van der Waals surface area contributed by atoms with Crippen LogP contribution in [0.5, 0.6) is 5.75 Å². The first-order valence-electron chi connectivity index (χ1n) is 3.88. The topological polar surface area (TPSA) is 29.5 Å². The monoisotopic (exact) mass is 162 g/mol. The Hall–Kier alpha value is -1.44. The van der Waals surface area contributed by atoms with Crippen molar-refractivity contribution < 1.29 is 9.84 Å². The van der Waals surface area contributed by atoms with Crippen molar-refractivity contribution in [2.45, 2.75) is 6.42 Å². The standard InChI is InChI=1S/C10H10O2/c1-12-9-6-5-7-3-2-4-8(11)10(7)9/h2-4,6,11H,5H2,1H3. The highest BCUT2D eigenvalue weighted by molar-refractivity contribution is 5.72. The summed E-state index contributed by atoms with van der Waals surface area (Å²) in [6.07, 6.45) is 2.83. The van der Waals surface area contributed by atoms with Crippen LogP contribution in [0.1, 0.15) is 11.1 Å². The molecule has 0 bridgehead atoms. The quantitative estimate of drug-likeness (QED) is 0.683. The van der Waals surface area contributed by atoms with Crippen molar-refractivity contribution >= 4 is 5.76 Å². The van der Waals surface area contributed by atoms with Crippen molar-refractivity contribution in [3.05, 3.63) is 35.4 Å². The van der Waals surface area contributed by atoms with Gasteiger partial charge >= 0.3 is 0 Å². The molecule has 12 heavy (non-hydrogen) atoms. The number of methoxy groups -OCH3 is 1. The fourth-order valence-corrected chi connectivity index (χ4v) is 1.53. The molecule has 0 saturated carbocycles. The summed E-state index contributed by atoms with van der Waals surface area (Å²) in [5.74, 6) is 1.08. The summed E-state index contributed by atoms with van der Waals surface area (Å²) in [5, 5.41) is 9.51. The second kappa shape index (κ2) is 2.55. The first-order valence-corrected chi connectivity index (χ1v) is 3.88. The van der Waals surface area contributed by atoms with Gasteiger partial charge in [0.2, 0.25) is 0 Å². The molecule has 0 aromatic heterocycles. The van der Waals surface area contributed by atoms with E-state index in [1.807, 2.05) is 18.2 Å². The van der Waals surface area contributed by atoms with E-state index in [1.165, 1.54) is 0 Å². The number of allylic oxidation sites excluding steroid dienone is 1. The minimum atomic E-state index is 0.304. The van der Waals surface area contributed by atoms with Crippen LogP contribution in [0.2, 0.25) is 0 Å². The van der Waals surface area contributed by atoms with Gasteiger partial charge < -0.3 is 9.84 Å². The lowest BCUT2D eigenvalue weighted by Gasteiger charge is -2.05. The van der Waals surface area contributed by atoms with E-state index in [0.717, 1.165) is 23.3 Å². The van der Waals surface area contributed by atoms with Crippen molar-refractivity contribution in [3.8, 4) is 5.75 Å². The van der Waals surface area contributed by atoms with E-state index in [1.54, 1.807) is 13.2 Å². The molecule has 0 aliphatic heterocycles. The molecule has 0 radical (unpaired) electrons. The van der Waals surface area contributed by atoms with E-state index in [0.29, 0.717) is 5.75 Å². The molecule has 1 N–H and O–H groups in total. The van der Waals surface area contributed by atoms with Crippen LogP contribution in [0.15, 0.2) is 24.3 Å². The highest BCUT2D eigenvalue weighted by atomic mass is 16.5. The third-order valence-corrected chi connectivity index (χ3v) is 2.10. The highest BCUT2D eigenvalue weighted by Gasteiger charge is 2.17. The van der Waals surface area contributed by atoms with E-state index in [4.69, 9.17) is 4.74 Å². The molecule has 0 unspecified atom stereocenters. The van der Waals surface area contributed by atoms with E-state index in [2.05, 4.69) is 0 Å². The van der Waals surface area contributed by atoms with Crippen LogP contribution < -0.4 is 0 Å². The Labute approximate surface area is 71.1 Å². The van der Waals surface area contributed by atoms with Crippen molar-refractivity contribution in [2.24, 2.45) is 0 Å². The lowest BCUT2D eigenvalue weighted by Crippen LogP contribution is -1.86. The number of phenolic OH excluding ortho intramolecular Hbond substituents is 1. The number of benzene rings is 1. The van der Waals surface area contributed by atoms with Crippen molar-refractivity contribution in [2.75, 3.05) is 7.11 Å². The van der Waals surface area contributed by atoms with E-state index in [9.17, 15) is 5.11 Å². The number of hydrogen-bond acceptors (Lipinski definition) is 2. The molecule has 1 aromatic carbocycles. The molecule has 62 valence electrons. The second-order valence-electron chi connectivity index (χ2n) is 2.79. The Bertz CT molecular complexity index is 340. The fraction of sp³-hybridized carbons (Fsp3) is 0.200. The van der Waals surface area contributed by atoms with Crippen LogP contribution in [0.3, 0.4) is 0 Å². The summed E-state index contributed by atoms with van der Waals surface area (Å²) in [4.78, 5) is 0. The predicted octanol–water partition coefficient (Wildman–Crippen LogP) is 1.94. The Morgan fingerprint density at radius 3 is 3.00 bits per heavy atom. The van der Waals surface area contributed by atoms with E-state index < -0.39 is 0 Å². The zero-order chi connectivity index (χ0) is 8.55. The smallest absolute Gasteiger partial charge is 0.126 e. The number of hydrogen-bond donors (Lipinski definition) is 1.